The molecule has 2 aromatic rings. The fourth-order valence-electron chi connectivity index (χ4n) is 2.31. The number of hydrogen-bond donors (Lipinski definition) is 2. The van der Waals surface area contributed by atoms with E-state index in [0.717, 1.165) is 17.7 Å². The number of anilines is 1. The summed E-state index contributed by atoms with van der Waals surface area (Å²) >= 11 is 1.41. The Morgan fingerprint density at radius 2 is 2.36 bits per heavy atom. The predicted octanol–water partition coefficient (Wildman–Crippen LogP) is 2.46. The molecule has 0 fully saturated rings. The summed E-state index contributed by atoms with van der Waals surface area (Å²) in [4.78, 5) is 22.3. The molecule has 0 saturated heterocycles. The number of carbonyl (C=O) groups excluding carboxylic acids is 1. The summed E-state index contributed by atoms with van der Waals surface area (Å²) in [6, 6.07) is 3.79. The first-order chi connectivity index (χ1) is 10.6. The van der Waals surface area contributed by atoms with Crippen LogP contribution in [0.2, 0.25) is 0 Å². The van der Waals surface area contributed by atoms with Gasteiger partial charge < -0.3 is 16.0 Å². The smallest absolute Gasteiger partial charge is 0.317 e. The van der Waals surface area contributed by atoms with Crippen LogP contribution in [0.15, 0.2) is 29.9 Å². The van der Waals surface area contributed by atoms with Crippen molar-refractivity contribution in [2.24, 2.45) is 0 Å². The van der Waals surface area contributed by atoms with Gasteiger partial charge in [0.15, 0.2) is 5.13 Å². The number of urea groups is 1. The Labute approximate surface area is 134 Å². The Morgan fingerprint density at radius 3 is 2.95 bits per heavy atom. The van der Waals surface area contributed by atoms with E-state index in [2.05, 4.69) is 22.2 Å². The van der Waals surface area contributed by atoms with E-state index in [9.17, 15) is 4.79 Å². The summed E-state index contributed by atoms with van der Waals surface area (Å²) in [5, 5.41) is 5.38. The molecule has 3 N–H and O–H groups in total. The topological polar surface area (TPSA) is 84.1 Å². The summed E-state index contributed by atoms with van der Waals surface area (Å²) in [6.07, 6.45) is 5.04. The van der Waals surface area contributed by atoms with Gasteiger partial charge in [-0.3, -0.25) is 4.98 Å². The number of pyridine rings is 1. The first kappa shape index (κ1) is 16.2. The zero-order valence-corrected chi connectivity index (χ0v) is 13.6. The lowest BCUT2D eigenvalue weighted by Crippen LogP contribution is -2.40. The maximum atomic E-state index is 12.3. The molecule has 22 heavy (non-hydrogen) atoms. The molecule has 0 saturated carbocycles. The Balaban J connectivity index is 1.87. The van der Waals surface area contributed by atoms with E-state index in [1.807, 2.05) is 17.5 Å². The minimum atomic E-state index is -0.0982. The first-order valence-electron chi connectivity index (χ1n) is 7.22. The van der Waals surface area contributed by atoms with Gasteiger partial charge in [-0.1, -0.05) is 13.0 Å². The third-order valence-corrected chi connectivity index (χ3v) is 4.19. The van der Waals surface area contributed by atoms with Crippen molar-refractivity contribution in [3.8, 4) is 0 Å². The van der Waals surface area contributed by atoms with Crippen molar-refractivity contribution >= 4 is 22.5 Å². The number of hydrogen-bond acceptors (Lipinski definition) is 5. The summed E-state index contributed by atoms with van der Waals surface area (Å²) in [7, 11) is 1.80. The van der Waals surface area contributed by atoms with Crippen LogP contribution in [-0.2, 0) is 6.42 Å². The molecule has 118 valence electrons. The fourth-order valence-corrected chi connectivity index (χ4v) is 2.90. The molecule has 0 aromatic carbocycles. The Bertz CT molecular complexity index is 601. The lowest BCUT2D eigenvalue weighted by Gasteiger charge is -2.27. The number of carbonyl (C=O) groups is 1. The van der Waals surface area contributed by atoms with Crippen molar-refractivity contribution in [3.63, 3.8) is 0 Å². The summed E-state index contributed by atoms with van der Waals surface area (Å²) < 4.78 is 0. The molecule has 6 nitrogen and oxygen atoms in total. The molecule has 0 bridgehead atoms. The minimum absolute atomic E-state index is 0.0172. The largest absolute Gasteiger partial charge is 0.375 e. The van der Waals surface area contributed by atoms with Crippen molar-refractivity contribution in [3.05, 3.63) is 41.2 Å². The van der Waals surface area contributed by atoms with E-state index < -0.39 is 0 Å². The van der Waals surface area contributed by atoms with Crippen LogP contribution in [-0.4, -0.2) is 34.5 Å². The van der Waals surface area contributed by atoms with E-state index in [-0.39, 0.29) is 12.1 Å². The standard InChI is InChI=1S/C15H21N5OS/c1-3-13(11-5-4-7-17-9-11)20(2)15(21)18-8-6-12-10-22-14(16)19-12/h4-5,7,9-10,13H,3,6,8H2,1-2H3,(H2,16,19)(H,18,21)/t13-/m1/s1. The highest BCUT2D eigenvalue weighted by Gasteiger charge is 2.19. The molecule has 0 radical (unpaired) electrons. The molecule has 0 aliphatic heterocycles. The molecular formula is C15H21N5OS. The maximum Gasteiger partial charge on any atom is 0.317 e. The van der Waals surface area contributed by atoms with Crippen molar-refractivity contribution in [1.82, 2.24) is 20.2 Å². The molecule has 0 aliphatic rings. The number of nitrogens with two attached hydrogens (primary N) is 1. The molecule has 0 spiro atoms. The van der Waals surface area contributed by atoms with Crippen molar-refractivity contribution in [2.75, 3.05) is 19.3 Å². The Kier molecular flexibility index (Phi) is 5.71. The van der Waals surface area contributed by atoms with Crippen LogP contribution >= 0.6 is 11.3 Å². The second-order valence-electron chi connectivity index (χ2n) is 4.98. The number of nitrogen functional groups attached to an aromatic ring is 1. The number of nitrogens with zero attached hydrogens (tertiary/aromatic N) is 3. The monoisotopic (exact) mass is 319 g/mol. The number of aromatic nitrogens is 2. The summed E-state index contributed by atoms with van der Waals surface area (Å²) in [6.45, 7) is 2.59. The Hall–Kier alpha value is -2.15. The average molecular weight is 319 g/mol. The molecule has 2 aromatic heterocycles. The van der Waals surface area contributed by atoms with Gasteiger partial charge in [0.25, 0.3) is 0 Å². The van der Waals surface area contributed by atoms with Crippen LogP contribution in [0.25, 0.3) is 0 Å². The summed E-state index contributed by atoms with van der Waals surface area (Å²) in [5.74, 6) is 0. The van der Waals surface area contributed by atoms with Crippen LogP contribution in [0.3, 0.4) is 0 Å². The van der Waals surface area contributed by atoms with E-state index >= 15 is 0 Å². The molecule has 2 amide bonds. The highest BCUT2D eigenvalue weighted by atomic mass is 32.1. The van der Waals surface area contributed by atoms with E-state index in [1.54, 1.807) is 24.3 Å². The quantitative estimate of drug-likeness (QED) is 0.856. The number of rotatable bonds is 6. The van der Waals surface area contributed by atoms with Gasteiger partial charge in [0.1, 0.15) is 0 Å². The van der Waals surface area contributed by atoms with Crippen LogP contribution in [0.1, 0.15) is 30.6 Å². The zero-order chi connectivity index (χ0) is 15.9. The van der Waals surface area contributed by atoms with Crippen molar-refractivity contribution < 1.29 is 4.79 Å². The zero-order valence-electron chi connectivity index (χ0n) is 12.8. The molecular weight excluding hydrogens is 298 g/mol. The van der Waals surface area contributed by atoms with Crippen LogP contribution in [0, 0.1) is 0 Å². The van der Waals surface area contributed by atoms with Gasteiger partial charge in [-0.15, -0.1) is 11.3 Å². The van der Waals surface area contributed by atoms with Crippen molar-refractivity contribution in [1.29, 1.82) is 0 Å². The predicted molar refractivity (Wildman–Crippen MR) is 88.7 cm³/mol. The van der Waals surface area contributed by atoms with Gasteiger partial charge in [-0.2, -0.15) is 0 Å². The maximum absolute atomic E-state index is 12.3. The van der Waals surface area contributed by atoms with Crippen LogP contribution in [0.4, 0.5) is 9.93 Å². The van der Waals surface area contributed by atoms with Gasteiger partial charge in [0, 0.05) is 37.8 Å². The van der Waals surface area contributed by atoms with Gasteiger partial charge >= 0.3 is 6.03 Å². The van der Waals surface area contributed by atoms with Gasteiger partial charge in [-0.05, 0) is 18.1 Å². The normalized spacial score (nSPS) is 11.9. The molecule has 0 aliphatic carbocycles. The van der Waals surface area contributed by atoms with Crippen LogP contribution in [0.5, 0.6) is 0 Å². The second-order valence-corrected chi connectivity index (χ2v) is 5.87. The molecule has 0 unspecified atom stereocenters. The lowest BCUT2D eigenvalue weighted by atomic mass is 10.1. The fraction of sp³-hybridized carbons (Fsp3) is 0.400. The van der Waals surface area contributed by atoms with Gasteiger partial charge in [-0.25, -0.2) is 9.78 Å². The summed E-state index contributed by atoms with van der Waals surface area (Å²) in [5.41, 5.74) is 7.53. The van der Waals surface area contributed by atoms with E-state index in [4.69, 9.17) is 5.73 Å². The molecule has 7 heteroatoms. The lowest BCUT2D eigenvalue weighted by molar-refractivity contribution is 0.189. The highest BCUT2D eigenvalue weighted by molar-refractivity contribution is 7.13. The third-order valence-electron chi connectivity index (χ3n) is 3.47. The highest BCUT2D eigenvalue weighted by Crippen LogP contribution is 2.21. The molecule has 1 atom stereocenters. The average Bonchev–Trinajstić information content (AvgIpc) is 2.94. The second kappa shape index (κ2) is 7.74. The van der Waals surface area contributed by atoms with E-state index in [1.165, 1.54) is 11.3 Å². The van der Waals surface area contributed by atoms with E-state index in [0.29, 0.717) is 18.1 Å². The van der Waals surface area contributed by atoms with Crippen LogP contribution < -0.4 is 11.1 Å². The molecule has 2 rings (SSSR count). The van der Waals surface area contributed by atoms with Crippen molar-refractivity contribution in [2.45, 2.75) is 25.8 Å². The number of amides is 2. The number of thiazole rings is 1. The number of nitrogens with one attached hydrogen (secondary N) is 1. The first-order valence-corrected chi connectivity index (χ1v) is 8.10. The SMILES string of the molecule is CC[C@H](c1cccnc1)N(C)C(=O)NCCc1csc(N)n1. The minimum Gasteiger partial charge on any atom is -0.375 e. The third kappa shape index (κ3) is 4.17. The molecule has 2 heterocycles. The van der Waals surface area contributed by atoms with Gasteiger partial charge in [0.05, 0.1) is 11.7 Å². The Morgan fingerprint density at radius 1 is 1.55 bits per heavy atom. The van der Waals surface area contributed by atoms with Gasteiger partial charge in [0.2, 0.25) is 0 Å².